The molecule has 1 unspecified atom stereocenters. The molecular formula is C12H23N3O3. The Labute approximate surface area is 108 Å². The van der Waals surface area contributed by atoms with Crippen molar-refractivity contribution in [1.29, 1.82) is 0 Å². The van der Waals surface area contributed by atoms with Crippen LogP contribution in [0.5, 0.6) is 0 Å². The standard InChI is InChI=1S/C12H23N3O3/c1-9(16)8-14-11(17)2-3-12(18)15-6-4-10(13)5-7-15/h9-10,16H,2-8,13H2,1H3,(H,14,17). The SMILES string of the molecule is CC(O)CNC(=O)CCC(=O)N1CCC(N)CC1. The molecule has 1 fully saturated rings. The van der Waals surface area contributed by atoms with Gasteiger partial charge in [-0.3, -0.25) is 9.59 Å². The number of nitrogens with two attached hydrogens (primary N) is 1. The zero-order valence-electron chi connectivity index (χ0n) is 10.9. The summed E-state index contributed by atoms with van der Waals surface area (Å²) in [6.45, 7) is 3.21. The van der Waals surface area contributed by atoms with Gasteiger partial charge in [-0.1, -0.05) is 0 Å². The molecule has 6 heteroatoms. The van der Waals surface area contributed by atoms with E-state index in [1.54, 1.807) is 11.8 Å². The van der Waals surface area contributed by atoms with Gasteiger partial charge in [0.25, 0.3) is 0 Å². The maximum Gasteiger partial charge on any atom is 0.223 e. The van der Waals surface area contributed by atoms with Crippen molar-refractivity contribution in [3.63, 3.8) is 0 Å². The second kappa shape index (κ2) is 7.33. The molecule has 0 aromatic carbocycles. The molecule has 1 aliphatic rings. The number of rotatable bonds is 5. The first-order valence-electron chi connectivity index (χ1n) is 6.47. The van der Waals surface area contributed by atoms with Gasteiger partial charge in [-0.15, -0.1) is 0 Å². The van der Waals surface area contributed by atoms with E-state index in [1.165, 1.54) is 0 Å². The average Bonchev–Trinajstić information content (AvgIpc) is 2.34. The van der Waals surface area contributed by atoms with E-state index in [1.807, 2.05) is 0 Å². The number of nitrogens with zero attached hydrogens (tertiary/aromatic N) is 1. The highest BCUT2D eigenvalue weighted by atomic mass is 16.3. The van der Waals surface area contributed by atoms with Crippen molar-refractivity contribution in [1.82, 2.24) is 10.2 Å². The van der Waals surface area contributed by atoms with E-state index in [0.29, 0.717) is 13.1 Å². The minimum atomic E-state index is -0.562. The molecule has 1 aliphatic heterocycles. The molecule has 0 spiro atoms. The van der Waals surface area contributed by atoms with Crippen molar-refractivity contribution in [2.75, 3.05) is 19.6 Å². The fraction of sp³-hybridized carbons (Fsp3) is 0.833. The molecule has 0 aromatic rings. The third-order valence-corrected chi connectivity index (χ3v) is 3.05. The lowest BCUT2D eigenvalue weighted by molar-refractivity contribution is -0.134. The van der Waals surface area contributed by atoms with Crippen LogP contribution in [0.3, 0.4) is 0 Å². The zero-order valence-corrected chi connectivity index (χ0v) is 10.9. The largest absolute Gasteiger partial charge is 0.392 e. The van der Waals surface area contributed by atoms with Gasteiger partial charge in [0.2, 0.25) is 11.8 Å². The maximum atomic E-state index is 11.8. The van der Waals surface area contributed by atoms with E-state index in [9.17, 15) is 9.59 Å². The number of likely N-dealkylation sites (tertiary alicyclic amines) is 1. The topological polar surface area (TPSA) is 95.7 Å². The summed E-state index contributed by atoms with van der Waals surface area (Å²) in [6, 6.07) is 0.198. The van der Waals surface area contributed by atoms with E-state index >= 15 is 0 Å². The van der Waals surface area contributed by atoms with Crippen molar-refractivity contribution >= 4 is 11.8 Å². The van der Waals surface area contributed by atoms with E-state index < -0.39 is 6.10 Å². The molecule has 1 heterocycles. The Kier molecular flexibility index (Phi) is 6.07. The van der Waals surface area contributed by atoms with Crippen molar-refractivity contribution < 1.29 is 14.7 Å². The van der Waals surface area contributed by atoms with Crippen LogP contribution < -0.4 is 11.1 Å². The van der Waals surface area contributed by atoms with Crippen molar-refractivity contribution in [2.24, 2.45) is 5.73 Å². The number of aliphatic hydroxyl groups excluding tert-OH is 1. The lowest BCUT2D eigenvalue weighted by Crippen LogP contribution is -2.43. The smallest absolute Gasteiger partial charge is 0.223 e. The first-order chi connectivity index (χ1) is 8.49. The molecule has 2 amide bonds. The minimum Gasteiger partial charge on any atom is -0.392 e. The normalized spacial score (nSPS) is 18.5. The molecule has 1 atom stereocenters. The Morgan fingerprint density at radius 3 is 2.56 bits per heavy atom. The first-order valence-corrected chi connectivity index (χ1v) is 6.47. The van der Waals surface area contributed by atoms with Crippen molar-refractivity contribution in [3.05, 3.63) is 0 Å². The van der Waals surface area contributed by atoms with Crippen LogP contribution in [-0.2, 0) is 9.59 Å². The summed E-state index contributed by atoms with van der Waals surface area (Å²) in [7, 11) is 0. The van der Waals surface area contributed by atoms with Gasteiger partial charge in [-0.25, -0.2) is 0 Å². The average molecular weight is 257 g/mol. The summed E-state index contributed by atoms with van der Waals surface area (Å²) in [4.78, 5) is 24.9. The van der Waals surface area contributed by atoms with Gasteiger partial charge in [-0.05, 0) is 19.8 Å². The molecule has 0 aliphatic carbocycles. The van der Waals surface area contributed by atoms with Gasteiger partial charge in [0, 0.05) is 38.5 Å². The highest BCUT2D eigenvalue weighted by Crippen LogP contribution is 2.10. The number of aliphatic hydroxyl groups is 1. The molecule has 0 bridgehead atoms. The highest BCUT2D eigenvalue weighted by Gasteiger charge is 2.20. The van der Waals surface area contributed by atoms with Crippen LogP contribution in [0.4, 0.5) is 0 Å². The molecular weight excluding hydrogens is 234 g/mol. The highest BCUT2D eigenvalue weighted by molar-refractivity contribution is 5.83. The molecule has 1 rings (SSSR count). The maximum absolute atomic E-state index is 11.8. The molecule has 1 saturated heterocycles. The first kappa shape index (κ1) is 14.9. The number of hydrogen-bond donors (Lipinski definition) is 3. The lowest BCUT2D eigenvalue weighted by Gasteiger charge is -2.30. The second-order valence-electron chi connectivity index (χ2n) is 4.87. The van der Waals surface area contributed by atoms with Crippen molar-refractivity contribution in [3.8, 4) is 0 Å². The van der Waals surface area contributed by atoms with Crippen LogP contribution in [0, 0.1) is 0 Å². The van der Waals surface area contributed by atoms with Gasteiger partial charge in [-0.2, -0.15) is 0 Å². The van der Waals surface area contributed by atoms with Crippen LogP contribution >= 0.6 is 0 Å². The molecule has 0 aromatic heterocycles. The van der Waals surface area contributed by atoms with Gasteiger partial charge in [0.05, 0.1) is 6.10 Å². The summed E-state index contributed by atoms with van der Waals surface area (Å²) in [5, 5.41) is 11.6. The molecule has 18 heavy (non-hydrogen) atoms. The minimum absolute atomic E-state index is 0.00842. The van der Waals surface area contributed by atoms with Crippen LogP contribution in [0.2, 0.25) is 0 Å². The third-order valence-electron chi connectivity index (χ3n) is 3.05. The van der Waals surface area contributed by atoms with Gasteiger partial charge in [0.15, 0.2) is 0 Å². The summed E-state index contributed by atoms with van der Waals surface area (Å²) in [5.41, 5.74) is 5.76. The Balaban J connectivity index is 2.18. The lowest BCUT2D eigenvalue weighted by atomic mass is 10.1. The van der Waals surface area contributed by atoms with Crippen LogP contribution in [0.25, 0.3) is 0 Å². The number of nitrogens with one attached hydrogen (secondary N) is 1. The van der Waals surface area contributed by atoms with E-state index in [-0.39, 0.29) is 37.2 Å². The van der Waals surface area contributed by atoms with Gasteiger partial charge >= 0.3 is 0 Å². The Morgan fingerprint density at radius 2 is 2.00 bits per heavy atom. The summed E-state index contributed by atoms with van der Waals surface area (Å²) in [6.07, 6.45) is 1.50. The summed E-state index contributed by atoms with van der Waals surface area (Å²) in [5.74, 6) is -0.188. The molecule has 4 N–H and O–H groups in total. The van der Waals surface area contributed by atoms with E-state index in [0.717, 1.165) is 12.8 Å². The van der Waals surface area contributed by atoms with Gasteiger partial charge in [0.1, 0.15) is 0 Å². The van der Waals surface area contributed by atoms with Crippen LogP contribution in [-0.4, -0.2) is 53.6 Å². The predicted molar refractivity (Wildman–Crippen MR) is 67.7 cm³/mol. The Bertz CT molecular complexity index is 286. The van der Waals surface area contributed by atoms with Crippen molar-refractivity contribution in [2.45, 2.75) is 44.8 Å². The zero-order chi connectivity index (χ0) is 13.5. The summed E-state index contributed by atoms with van der Waals surface area (Å²) < 4.78 is 0. The molecule has 0 radical (unpaired) electrons. The van der Waals surface area contributed by atoms with E-state index in [4.69, 9.17) is 10.8 Å². The van der Waals surface area contributed by atoms with E-state index in [2.05, 4.69) is 5.32 Å². The fourth-order valence-electron chi connectivity index (χ4n) is 1.88. The fourth-order valence-corrected chi connectivity index (χ4v) is 1.88. The Morgan fingerprint density at radius 1 is 1.39 bits per heavy atom. The summed E-state index contributed by atoms with van der Waals surface area (Å²) >= 11 is 0. The Hall–Kier alpha value is -1.14. The molecule has 0 saturated carbocycles. The second-order valence-corrected chi connectivity index (χ2v) is 4.87. The third kappa shape index (κ3) is 5.46. The monoisotopic (exact) mass is 257 g/mol. The number of hydrogen-bond acceptors (Lipinski definition) is 4. The molecule has 6 nitrogen and oxygen atoms in total. The molecule has 104 valence electrons. The predicted octanol–water partition coefficient (Wildman–Crippen LogP) is -0.787. The number of carbonyl (C=O) groups is 2. The van der Waals surface area contributed by atoms with Crippen LogP contribution in [0.15, 0.2) is 0 Å². The van der Waals surface area contributed by atoms with Crippen LogP contribution in [0.1, 0.15) is 32.6 Å². The quantitative estimate of drug-likeness (QED) is 0.601. The van der Waals surface area contributed by atoms with Gasteiger partial charge < -0.3 is 21.1 Å². The number of piperidine rings is 1. The number of carbonyl (C=O) groups excluding carboxylic acids is 2. The number of amides is 2.